The summed E-state index contributed by atoms with van der Waals surface area (Å²) in [6.07, 6.45) is 5.39. The molecule has 0 radical (unpaired) electrons. The summed E-state index contributed by atoms with van der Waals surface area (Å²) in [6, 6.07) is 0.234. The maximum absolute atomic E-state index is 11.3. The van der Waals surface area contributed by atoms with Gasteiger partial charge in [-0.2, -0.15) is 0 Å². The highest BCUT2D eigenvalue weighted by atomic mass is 16.3. The van der Waals surface area contributed by atoms with Crippen molar-refractivity contribution in [2.24, 2.45) is 5.92 Å². The fourth-order valence-corrected chi connectivity index (χ4v) is 2.31. The quantitative estimate of drug-likeness (QED) is 0.607. The Kier molecular flexibility index (Phi) is 3.63. The molecule has 1 aromatic heterocycles. The van der Waals surface area contributed by atoms with Gasteiger partial charge in [0.1, 0.15) is 5.69 Å². The van der Waals surface area contributed by atoms with Crippen molar-refractivity contribution in [2.45, 2.75) is 31.7 Å². The second kappa shape index (κ2) is 5.18. The van der Waals surface area contributed by atoms with Crippen LogP contribution in [0.5, 0.6) is 0 Å². The van der Waals surface area contributed by atoms with Gasteiger partial charge in [0.25, 0.3) is 5.56 Å². The number of hydrogen-bond acceptors (Lipinski definition) is 5. The molecule has 2 rings (SSSR count). The number of nitrogens with one attached hydrogen (secondary N) is 2. The number of aromatic nitrogens is 2. The number of aliphatic hydroxyl groups excluding tert-OH is 1. The first kappa shape index (κ1) is 11.9. The molecule has 94 valence electrons. The van der Waals surface area contributed by atoms with Gasteiger partial charge in [-0.15, -0.1) is 0 Å². The molecule has 0 bridgehead atoms. The molecule has 1 aromatic rings. The number of nitrogens with zero attached hydrogens (tertiary/aromatic N) is 1. The molecule has 0 spiro atoms. The number of rotatable bonds is 3. The van der Waals surface area contributed by atoms with Crippen LogP contribution in [0.15, 0.2) is 11.1 Å². The summed E-state index contributed by atoms with van der Waals surface area (Å²) in [7, 11) is 0. The van der Waals surface area contributed by atoms with Crippen molar-refractivity contribution < 1.29 is 5.11 Å². The van der Waals surface area contributed by atoms with Gasteiger partial charge in [-0.25, -0.2) is 4.98 Å². The van der Waals surface area contributed by atoms with E-state index in [1.54, 1.807) is 0 Å². The van der Waals surface area contributed by atoms with E-state index in [2.05, 4.69) is 15.3 Å². The first-order valence-corrected chi connectivity index (χ1v) is 5.91. The summed E-state index contributed by atoms with van der Waals surface area (Å²) >= 11 is 0. The maximum Gasteiger partial charge on any atom is 0.276 e. The minimum Gasteiger partial charge on any atom is -0.396 e. The predicted octanol–water partition coefficient (Wildman–Crippen LogP) is 0.315. The van der Waals surface area contributed by atoms with E-state index in [1.165, 1.54) is 6.33 Å². The average molecular weight is 238 g/mol. The van der Waals surface area contributed by atoms with Gasteiger partial charge in [-0.1, -0.05) is 6.42 Å². The van der Waals surface area contributed by atoms with E-state index >= 15 is 0 Å². The number of H-pyrrole nitrogens is 1. The van der Waals surface area contributed by atoms with Crippen LogP contribution in [0, 0.1) is 5.92 Å². The maximum atomic E-state index is 11.3. The van der Waals surface area contributed by atoms with Crippen LogP contribution in [-0.4, -0.2) is 27.7 Å². The first-order valence-electron chi connectivity index (χ1n) is 5.91. The van der Waals surface area contributed by atoms with Crippen molar-refractivity contribution in [3.05, 3.63) is 16.7 Å². The predicted molar refractivity (Wildman–Crippen MR) is 65.7 cm³/mol. The molecule has 1 aliphatic rings. The highest BCUT2D eigenvalue weighted by Crippen LogP contribution is 2.26. The number of nitrogens with two attached hydrogens (primary N) is 1. The third-order valence-corrected chi connectivity index (χ3v) is 3.27. The molecule has 1 heterocycles. The van der Waals surface area contributed by atoms with Gasteiger partial charge in [0.15, 0.2) is 5.82 Å². The summed E-state index contributed by atoms with van der Waals surface area (Å²) in [5.74, 6) is 0.779. The third kappa shape index (κ3) is 2.76. The molecule has 0 aliphatic heterocycles. The number of anilines is 2. The Morgan fingerprint density at radius 1 is 1.59 bits per heavy atom. The van der Waals surface area contributed by atoms with Gasteiger partial charge in [0, 0.05) is 12.6 Å². The zero-order valence-corrected chi connectivity index (χ0v) is 9.65. The van der Waals surface area contributed by atoms with Crippen LogP contribution in [-0.2, 0) is 0 Å². The number of nitrogen functional groups attached to an aromatic ring is 1. The Bertz CT molecular complexity index is 432. The standard InChI is InChI=1S/C11H18N4O2/c12-9-10(13-6-14-11(9)17)15-8-3-1-2-7(4-8)5-16/h6-8,16H,1-5,12H2,(H2,13,14,15,17). The third-order valence-electron chi connectivity index (χ3n) is 3.27. The van der Waals surface area contributed by atoms with E-state index in [0.29, 0.717) is 11.7 Å². The molecule has 1 fully saturated rings. The van der Waals surface area contributed by atoms with Gasteiger partial charge in [0.2, 0.25) is 0 Å². The van der Waals surface area contributed by atoms with Crippen LogP contribution >= 0.6 is 0 Å². The molecule has 0 saturated heterocycles. The lowest BCUT2D eigenvalue weighted by Crippen LogP contribution is -2.30. The summed E-state index contributed by atoms with van der Waals surface area (Å²) in [5.41, 5.74) is 5.45. The smallest absolute Gasteiger partial charge is 0.276 e. The fraction of sp³-hybridized carbons (Fsp3) is 0.636. The molecule has 1 saturated carbocycles. The second-order valence-electron chi connectivity index (χ2n) is 4.55. The summed E-state index contributed by atoms with van der Waals surface area (Å²) in [6.45, 7) is 0.219. The van der Waals surface area contributed by atoms with Gasteiger partial charge in [-0.3, -0.25) is 4.79 Å². The lowest BCUT2D eigenvalue weighted by molar-refractivity contribution is 0.184. The van der Waals surface area contributed by atoms with Crippen LogP contribution in [0.4, 0.5) is 11.5 Å². The Morgan fingerprint density at radius 2 is 2.41 bits per heavy atom. The Balaban J connectivity index is 2.05. The Hall–Kier alpha value is -1.56. The summed E-state index contributed by atoms with van der Waals surface area (Å²) in [4.78, 5) is 17.8. The van der Waals surface area contributed by atoms with Gasteiger partial charge >= 0.3 is 0 Å². The zero-order valence-electron chi connectivity index (χ0n) is 9.65. The van der Waals surface area contributed by atoms with Crippen molar-refractivity contribution in [2.75, 3.05) is 17.7 Å². The van der Waals surface area contributed by atoms with Crippen molar-refractivity contribution in [1.29, 1.82) is 0 Å². The molecule has 17 heavy (non-hydrogen) atoms. The summed E-state index contributed by atoms with van der Waals surface area (Å²) in [5, 5.41) is 12.3. The second-order valence-corrected chi connectivity index (χ2v) is 4.55. The van der Waals surface area contributed by atoms with E-state index < -0.39 is 0 Å². The minimum atomic E-state index is -0.322. The molecule has 2 unspecified atom stereocenters. The lowest BCUT2D eigenvalue weighted by atomic mass is 9.86. The molecular weight excluding hydrogens is 220 g/mol. The van der Waals surface area contributed by atoms with Crippen LogP contribution in [0.2, 0.25) is 0 Å². The van der Waals surface area contributed by atoms with Crippen LogP contribution in [0.1, 0.15) is 25.7 Å². The van der Waals surface area contributed by atoms with Gasteiger partial charge in [-0.05, 0) is 25.2 Å². The molecule has 1 aliphatic carbocycles. The number of aromatic amines is 1. The normalized spacial score (nSPS) is 24.5. The topological polar surface area (TPSA) is 104 Å². The van der Waals surface area contributed by atoms with Crippen molar-refractivity contribution in [3.63, 3.8) is 0 Å². The molecule has 0 amide bonds. The molecule has 6 nitrogen and oxygen atoms in total. The van der Waals surface area contributed by atoms with E-state index in [9.17, 15) is 4.79 Å². The minimum absolute atomic E-state index is 0.124. The van der Waals surface area contributed by atoms with Crippen molar-refractivity contribution >= 4 is 11.5 Å². The van der Waals surface area contributed by atoms with Gasteiger partial charge < -0.3 is 21.1 Å². The van der Waals surface area contributed by atoms with Crippen LogP contribution < -0.4 is 16.6 Å². The van der Waals surface area contributed by atoms with E-state index in [4.69, 9.17) is 10.8 Å². The average Bonchev–Trinajstić information content (AvgIpc) is 2.35. The van der Waals surface area contributed by atoms with Crippen molar-refractivity contribution in [3.8, 4) is 0 Å². The van der Waals surface area contributed by atoms with E-state index in [0.717, 1.165) is 25.7 Å². The first-order chi connectivity index (χ1) is 8.20. The molecule has 5 N–H and O–H groups in total. The van der Waals surface area contributed by atoms with Gasteiger partial charge in [0.05, 0.1) is 6.33 Å². The molecular formula is C11H18N4O2. The largest absolute Gasteiger partial charge is 0.396 e. The Morgan fingerprint density at radius 3 is 3.18 bits per heavy atom. The molecule has 0 aromatic carbocycles. The highest BCUT2D eigenvalue weighted by Gasteiger charge is 2.22. The molecule has 2 atom stereocenters. The fourth-order valence-electron chi connectivity index (χ4n) is 2.31. The van der Waals surface area contributed by atoms with E-state index in [1.807, 2.05) is 0 Å². The number of aliphatic hydroxyl groups is 1. The number of hydrogen-bond donors (Lipinski definition) is 4. The monoisotopic (exact) mass is 238 g/mol. The highest BCUT2D eigenvalue weighted by molar-refractivity contribution is 5.59. The van der Waals surface area contributed by atoms with Crippen LogP contribution in [0.3, 0.4) is 0 Å². The zero-order chi connectivity index (χ0) is 12.3. The van der Waals surface area contributed by atoms with Crippen LogP contribution in [0.25, 0.3) is 0 Å². The Labute approximate surface area is 99.3 Å². The van der Waals surface area contributed by atoms with Crippen molar-refractivity contribution in [1.82, 2.24) is 9.97 Å². The SMILES string of the molecule is Nc1c(NC2CCCC(CO)C2)nc[nH]c1=O. The summed E-state index contributed by atoms with van der Waals surface area (Å²) < 4.78 is 0. The lowest BCUT2D eigenvalue weighted by Gasteiger charge is -2.29. The van der Waals surface area contributed by atoms with E-state index in [-0.39, 0.29) is 23.9 Å². The molecule has 6 heteroatoms.